The molecule has 1 heteroatoms. The van der Waals surface area contributed by atoms with Crippen LogP contribution in [0.5, 0.6) is 0 Å². The average Bonchev–Trinajstić information content (AvgIpc) is 2.21. The Morgan fingerprint density at radius 2 is 1.93 bits per heavy atom. The molecule has 0 atom stereocenters. The van der Waals surface area contributed by atoms with Crippen molar-refractivity contribution in [3.8, 4) is 0 Å². The molecule has 0 saturated carbocycles. The fraction of sp³-hybridized carbons (Fsp3) is 0.154. The van der Waals surface area contributed by atoms with E-state index in [4.69, 9.17) is 0 Å². The zero-order chi connectivity index (χ0) is 10.4. The van der Waals surface area contributed by atoms with E-state index in [0.717, 1.165) is 16.8 Å². The van der Waals surface area contributed by atoms with Crippen LogP contribution in [0.15, 0.2) is 53.0 Å². The first-order chi connectivity index (χ1) is 6.79. The van der Waals surface area contributed by atoms with Crippen molar-refractivity contribution >= 4 is 12.4 Å². The van der Waals surface area contributed by atoms with E-state index in [0.29, 0.717) is 0 Å². The quantitative estimate of drug-likeness (QED) is 0.503. The summed E-state index contributed by atoms with van der Waals surface area (Å²) in [5.74, 6) is 0. The summed E-state index contributed by atoms with van der Waals surface area (Å²) in [6, 6.07) is 10.1. The molecule has 14 heavy (non-hydrogen) atoms. The minimum atomic E-state index is 0.948. The van der Waals surface area contributed by atoms with Crippen LogP contribution in [0, 0.1) is 0 Å². The van der Waals surface area contributed by atoms with Crippen molar-refractivity contribution in [1.82, 2.24) is 0 Å². The maximum absolute atomic E-state index is 4.06. The molecule has 0 aliphatic heterocycles. The highest BCUT2D eigenvalue weighted by atomic mass is 14.7. The van der Waals surface area contributed by atoms with Gasteiger partial charge in [-0.25, -0.2) is 0 Å². The normalized spacial score (nSPS) is 12.7. The van der Waals surface area contributed by atoms with E-state index in [1.54, 1.807) is 0 Å². The van der Waals surface area contributed by atoms with Crippen LogP contribution in [0.1, 0.15) is 19.4 Å². The van der Waals surface area contributed by atoms with Crippen LogP contribution in [-0.2, 0) is 0 Å². The Labute approximate surface area is 85.5 Å². The van der Waals surface area contributed by atoms with Crippen molar-refractivity contribution in [2.45, 2.75) is 13.8 Å². The zero-order valence-corrected chi connectivity index (χ0v) is 8.70. The predicted molar refractivity (Wildman–Crippen MR) is 63.4 cm³/mol. The molecule has 72 valence electrons. The molecule has 0 aromatic heterocycles. The SMILES string of the molecule is C=N/C(=C(C)\C=C/C)c1ccccc1. The van der Waals surface area contributed by atoms with Gasteiger partial charge in [0.2, 0.25) is 0 Å². The lowest BCUT2D eigenvalue weighted by Gasteiger charge is -2.03. The molecule has 0 N–H and O–H groups in total. The third kappa shape index (κ3) is 2.43. The maximum atomic E-state index is 4.06. The fourth-order valence-corrected chi connectivity index (χ4v) is 1.37. The van der Waals surface area contributed by atoms with Gasteiger partial charge in [0.1, 0.15) is 0 Å². The molecule has 0 fully saturated rings. The van der Waals surface area contributed by atoms with Gasteiger partial charge in [-0.3, -0.25) is 4.99 Å². The Balaban J connectivity index is 3.17. The topological polar surface area (TPSA) is 12.4 Å². The molecule has 0 spiro atoms. The van der Waals surface area contributed by atoms with E-state index in [2.05, 4.69) is 11.7 Å². The average molecular weight is 185 g/mol. The molecule has 0 heterocycles. The van der Waals surface area contributed by atoms with Crippen molar-refractivity contribution < 1.29 is 0 Å². The molecule has 0 unspecified atom stereocenters. The highest BCUT2D eigenvalue weighted by molar-refractivity contribution is 5.72. The van der Waals surface area contributed by atoms with E-state index in [9.17, 15) is 0 Å². The van der Waals surface area contributed by atoms with Crippen LogP contribution in [0.3, 0.4) is 0 Å². The van der Waals surface area contributed by atoms with Crippen molar-refractivity contribution in [3.63, 3.8) is 0 Å². The summed E-state index contributed by atoms with van der Waals surface area (Å²) >= 11 is 0. The monoisotopic (exact) mass is 185 g/mol. The molecule has 0 aliphatic carbocycles. The Kier molecular flexibility index (Phi) is 3.86. The van der Waals surface area contributed by atoms with Crippen molar-refractivity contribution in [3.05, 3.63) is 53.6 Å². The smallest absolute Gasteiger partial charge is 0.0723 e. The summed E-state index contributed by atoms with van der Waals surface area (Å²) in [6.07, 6.45) is 4.04. The van der Waals surface area contributed by atoms with Crippen LogP contribution in [0.25, 0.3) is 5.70 Å². The third-order valence-corrected chi connectivity index (χ3v) is 2.00. The van der Waals surface area contributed by atoms with Gasteiger partial charge in [-0.2, -0.15) is 0 Å². The second-order valence-corrected chi connectivity index (χ2v) is 3.06. The van der Waals surface area contributed by atoms with Gasteiger partial charge in [-0.15, -0.1) is 0 Å². The van der Waals surface area contributed by atoms with Gasteiger partial charge in [-0.05, 0) is 26.1 Å². The molecule has 0 aliphatic rings. The number of allylic oxidation sites excluding steroid dienone is 3. The summed E-state index contributed by atoms with van der Waals surface area (Å²) in [5.41, 5.74) is 3.19. The first-order valence-electron chi connectivity index (χ1n) is 4.65. The molecule has 0 bridgehead atoms. The Hall–Kier alpha value is -1.63. The third-order valence-electron chi connectivity index (χ3n) is 2.00. The van der Waals surface area contributed by atoms with Crippen molar-refractivity contribution in [2.24, 2.45) is 4.99 Å². The van der Waals surface area contributed by atoms with E-state index in [1.807, 2.05) is 56.3 Å². The van der Waals surface area contributed by atoms with Crippen molar-refractivity contribution in [2.75, 3.05) is 0 Å². The summed E-state index contributed by atoms with van der Waals surface area (Å²) in [5, 5.41) is 0. The molecular formula is C13H15N. The van der Waals surface area contributed by atoms with E-state index >= 15 is 0 Å². The number of nitrogens with zero attached hydrogens (tertiary/aromatic N) is 1. The van der Waals surface area contributed by atoms with Gasteiger partial charge in [-0.1, -0.05) is 42.5 Å². The van der Waals surface area contributed by atoms with E-state index in [-0.39, 0.29) is 0 Å². The van der Waals surface area contributed by atoms with Gasteiger partial charge in [0, 0.05) is 5.56 Å². The highest BCUT2D eigenvalue weighted by Crippen LogP contribution is 2.19. The van der Waals surface area contributed by atoms with Crippen LogP contribution in [-0.4, -0.2) is 6.72 Å². The molecule has 1 nitrogen and oxygen atoms in total. The number of rotatable bonds is 3. The van der Waals surface area contributed by atoms with Crippen LogP contribution in [0.4, 0.5) is 0 Å². The number of hydrogen-bond acceptors (Lipinski definition) is 1. The molecule has 0 radical (unpaired) electrons. The van der Waals surface area contributed by atoms with Crippen LogP contribution >= 0.6 is 0 Å². The molecule has 1 aromatic rings. The van der Waals surface area contributed by atoms with Gasteiger partial charge in [0.05, 0.1) is 5.70 Å². The molecule has 0 saturated heterocycles. The molecule has 1 rings (SSSR count). The minimum Gasteiger partial charge on any atom is -0.264 e. The Morgan fingerprint density at radius 3 is 2.43 bits per heavy atom. The lowest BCUT2D eigenvalue weighted by Crippen LogP contribution is -1.83. The van der Waals surface area contributed by atoms with Gasteiger partial charge >= 0.3 is 0 Å². The second-order valence-electron chi connectivity index (χ2n) is 3.06. The maximum Gasteiger partial charge on any atom is 0.0723 e. The summed E-state index contributed by atoms with van der Waals surface area (Å²) in [7, 11) is 0. The van der Waals surface area contributed by atoms with Gasteiger partial charge < -0.3 is 0 Å². The van der Waals surface area contributed by atoms with Gasteiger partial charge in [0.25, 0.3) is 0 Å². The summed E-state index contributed by atoms with van der Waals surface area (Å²) in [6.45, 7) is 7.63. The Morgan fingerprint density at radius 1 is 1.29 bits per heavy atom. The second kappa shape index (κ2) is 5.18. The fourth-order valence-electron chi connectivity index (χ4n) is 1.37. The van der Waals surface area contributed by atoms with Crippen LogP contribution < -0.4 is 0 Å². The predicted octanol–water partition coefficient (Wildman–Crippen LogP) is 3.69. The largest absolute Gasteiger partial charge is 0.264 e. The lowest BCUT2D eigenvalue weighted by molar-refractivity contribution is 1.42. The van der Waals surface area contributed by atoms with E-state index < -0.39 is 0 Å². The van der Waals surface area contributed by atoms with E-state index in [1.165, 1.54) is 0 Å². The number of hydrogen-bond donors (Lipinski definition) is 0. The lowest BCUT2D eigenvalue weighted by atomic mass is 10.1. The Bertz CT molecular complexity index is 358. The number of benzene rings is 1. The van der Waals surface area contributed by atoms with Crippen molar-refractivity contribution in [1.29, 1.82) is 0 Å². The molecule has 1 aromatic carbocycles. The number of aliphatic imine (C=N–C) groups is 1. The summed E-state index contributed by atoms with van der Waals surface area (Å²) in [4.78, 5) is 4.06. The summed E-state index contributed by atoms with van der Waals surface area (Å²) < 4.78 is 0. The standard InChI is InChI=1S/C13H15N/c1-4-8-11(2)13(14-3)12-9-6-5-7-10-12/h4-10H,3H2,1-2H3/b8-4-,13-11-. The first-order valence-corrected chi connectivity index (χ1v) is 4.65. The minimum absolute atomic E-state index is 0.948. The molecule has 0 amide bonds. The first kappa shape index (κ1) is 10.5. The van der Waals surface area contributed by atoms with Crippen LogP contribution in [0.2, 0.25) is 0 Å². The highest BCUT2D eigenvalue weighted by Gasteiger charge is 1.99. The van der Waals surface area contributed by atoms with Gasteiger partial charge in [0.15, 0.2) is 0 Å². The molecular weight excluding hydrogens is 170 g/mol. The zero-order valence-electron chi connectivity index (χ0n) is 8.70.